The summed E-state index contributed by atoms with van der Waals surface area (Å²) >= 11 is 12.5. The molecule has 36 heavy (non-hydrogen) atoms. The molecular formula is C23H19Cl2F3N6O2. The third-order valence-corrected chi connectivity index (χ3v) is 5.75. The lowest BCUT2D eigenvalue weighted by molar-refractivity contribution is -0.140. The molecule has 8 nitrogen and oxygen atoms in total. The Hall–Kier alpha value is -3.54. The van der Waals surface area contributed by atoms with E-state index in [2.05, 4.69) is 15.4 Å². The van der Waals surface area contributed by atoms with Gasteiger partial charge in [-0.2, -0.15) is 18.3 Å². The number of primary amides is 1. The summed E-state index contributed by atoms with van der Waals surface area (Å²) in [6.07, 6.45) is -2.12. The van der Waals surface area contributed by atoms with Crippen LogP contribution < -0.4 is 11.1 Å². The molecule has 188 valence electrons. The zero-order chi connectivity index (χ0) is 26.0. The average molecular weight is 539 g/mol. The zero-order valence-electron chi connectivity index (χ0n) is 18.7. The van der Waals surface area contributed by atoms with Gasteiger partial charge < -0.3 is 20.4 Å². The topological polar surface area (TPSA) is 100.0 Å². The fourth-order valence-corrected chi connectivity index (χ4v) is 4.04. The summed E-state index contributed by atoms with van der Waals surface area (Å²) in [7, 11) is 1.46. The number of aromatic nitrogens is 4. The molecule has 0 fully saturated rings. The van der Waals surface area contributed by atoms with E-state index in [1.165, 1.54) is 22.6 Å². The monoisotopic (exact) mass is 538 g/mol. The lowest BCUT2D eigenvalue weighted by Crippen LogP contribution is -2.14. The van der Waals surface area contributed by atoms with Crippen molar-refractivity contribution in [1.82, 2.24) is 19.3 Å². The van der Waals surface area contributed by atoms with E-state index in [0.29, 0.717) is 27.0 Å². The van der Waals surface area contributed by atoms with Crippen LogP contribution in [-0.2, 0) is 17.5 Å². The summed E-state index contributed by atoms with van der Waals surface area (Å²) in [5, 5.41) is 7.89. The van der Waals surface area contributed by atoms with Crippen LogP contribution in [0, 0.1) is 0 Å². The van der Waals surface area contributed by atoms with Crippen LogP contribution in [0.5, 0.6) is 0 Å². The van der Waals surface area contributed by atoms with Crippen LogP contribution in [0.1, 0.15) is 16.2 Å². The number of benzene rings is 2. The van der Waals surface area contributed by atoms with E-state index in [1.54, 1.807) is 42.5 Å². The lowest BCUT2D eigenvalue weighted by atomic mass is 10.2. The highest BCUT2D eigenvalue weighted by Crippen LogP contribution is 2.33. The van der Waals surface area contributed by atoms with Crippen molar-refractivity contribution >= 4 is 40.5 Å². The maximum absolute atomic E-state index is 13.2. The van der Waals surface area contributed by atoms with Crippen LogP contribution in [-0.4, -0.2) is 39.0 Å². The Morgan fingerprint density at radius 1 is 1.11 bits per heavy atom. The van der Waals surface area contributed by atoms with Crippen LogP contribution in [0.25, 0.3) is 17.1 Å². The molecule has 0 saturated heterocycles. The zero-order valence-corrected chi connectivity index (χ0v) is 20.2. The largest absolute Gasteiger partial charge is 0.434 e. The number of halogens is 5. The normalized spacial score (nSPS) is 11.6. The fraction of sp³-hybridized carbons (Fsp3) is 0.174. The highest BCUT2D eigenvalue weighted by atomic mass is 35.5. The van der Waals surface area contributed by atoms with Crippen molar-refractivity contribution < 1.29 is 22.7 Å². The Balaban J connectivity index is 1.65. The van der Waals surface area contributed by atoms with Crippen molar-refractivity contribution in [2.75, 3.05) is 19.0 Å². The number of para-hydroxylation sites is 1. The van der Waals surface area contributed by atoms with Gasteiger partial charge in [0.2, 0.25) is 0 Å². The first kappa shape index (κ1) is 25.5. The minimum absolute atomic E-state index is 0.0556. The molecule has 0 saturated carbocycles. The maximum Gasteiger partial charge on any atom is 0.434 e. The third kappa shape index (κ3) is 5.32. The molecule has 2 aromatic carbocycles. The van der Waals surface area contributed by atoms with Crippen LogP contribution >= 0.6 is 23.2 Å². The van der Waals surface area contributed by atoms with E-state index >= 15 is 0 Å². The standard InChI is InChI=1S/C23H19Cl2F3N6O2/c1-36-10-9-33-12-18(23(26,27)28)31-22(33)13-5-7-14(8-6-13)30-17-11-34(32-19(17)21(29)35)20-15(24)3-2-4-16(20)25/h2-8,11-12,30H,9-10H2,1H3,(H2,29,35). The van der Waals surface area contributed by atoms with Crippen molar-refractivity contribution in [3.63, 3.8) is 0 Å². The summed E-state index contributed by atoms with van der Waals surface area (Å²) < 4.78 is 47.4. The molecular weight excluding hydrogens is 520 g/mol. The number of hydrogen-bond acceptors (Lipinski definition) is 5. The first-order chi connectivity index (χ1) is 17.1. The van der Waals surface area contributed by atoms with Gasteiger partial charge in [-0.15, -0.1) is 0 Å². The second kappa shape index (κ2) is 10.2. The van der Waals surface area contributed by atoms with Crippen molar-refractivity contribution in [3.05, 3.63) is 76.3 Å². The number of carbonyl (C=O) groups excluding carboxylic acids is 1. The molecule has 0 atom stereocenters. The van der Waals surface area contributed by atoms with Gasteiger partial charge in [0.15, 0.2) is 11.4 Å². The van der Waals surface area contributed by atoms with Gasteiger partial charge in [-0.3, -0.25) is 4.79 Å². The number of hydrogen-bond donors (Lipinski definition) is 2. The molecule has 4 rings (SSSR count). The highest BCUT2D eigenvalue weighted by Gasteiger charge is 2.35. The lowest BCUT2D eigenvalue weighted by Gasteiger charge is -2.09. The van der Waals surface area contributed by atoms with Crippen molar-refractivity contribution in [3.8, 4) is 17.1 Å². The number of methoxy groups -OCH3 is 1. The van der Waals surface area contributed by atoms with Crippen molar-refractivity contribution in [1.29, 1.82) is 0 Å². The number of nitrogens with two attached hydrogens (primary N) is 1. The second-order valence-corrected chi connectivity index (χ2v) is 8.42. The Morgan fingerprint density at radius 3 is 2.36 bits per heavy atom. The number of rotatable bonds is 8. The average Bonchev–Trinajstić information content (AvgIpc) is 3.43. The fourth-order valence-electron chi connectivity index (χ4n) is 3.47. The van der Waals surface area contributed by atoms with Gasteiger partial charge in [0.05, 0.1) is 28.5 Å². The number of alkyl halides is 3. The van der Waals surface area contributed by atoms with E-state index in [4.69, 9.17) is 33.7 Å². The molecule has 0 aliphatic carbocycles. The van der Waals surface area contributed by atoms with Crippen LogP contribution in [0.4, 0.5) is 24.5 Å². The Kier molecular flexibility index (Phi) is 7.25. The number of carbonyl (C=O) groups is 1. The predicted octanol–water partition coefficient (Wildman–Crippen LogP) is 5.55. The molecule has 3 N–H and O–H groups in total. The second-order valence-electron chi connectivity index (χ2n) is 7.61. The summed E-state index contributed by atoms with van der Waals surface area (Å²) in [5.41, 5.74) is 6.09. The molecule has 0 bridgehead atoms. The third-order valence-electron chi connectivity index (χ3n) is 5.14. The van der Waals surface area contributed by atoms with Crippen molar-refractivity contribution in [2.24, 2.45) is 5.73 Å². The van der Waals surface area contributed by atoms with Gasteiger partial charge in [0, 0.05) is 31.1 Å². The number of nitrogens with one attached hydrogen (secondary N) is 1. The first-order valence-electron chi connectivity index (χ1n) is 10.4. The SMILES string of the molecule is COCCn1cc(C(F)(F)F)nc1-c1ccc(Nc2cn(-c3c(Cl)cccc3Cl)nc2C(N)=O)cc1. The molecule has 2 aromatic heterocycles. The van der Waals surface area contributed by atoms with Gasteiger partial charge in [0.1, 0.15) is 11.5 Å². The number of amides is 1. The predicted molar refractivity (Wildman–Crippen MR) is 130 cm³/mol. The molecule has 1 amide bonds. The van der Waals surface area contributed by atoms with Crippen LogP contribution in [0.2, 0.25) is 10.0 Å². The summed E-state index contributed by atoms with van der Waals surface area (Å²) in [5.74, 6) is -0.638. The Labute approximate surface area is 213 Å². The highest BCUT2D eigenvalue weighted by molar-refractivity contribution is 6.37. The molecule has 0 unspecified atom stereocenters. The van der Waals surface area contributed by atoms with Gasteiger partial charge in [0.25, 0.3) is 5.91 Å². The minimum atomic E-state index is -4.58. The van der Waals surface area contributed by atoms with Gasteiger partial charge >= 0.3 is 6.18 Å². The molecule has 0 aliphatic rings. The molecule has 0 aliphatic heterocycles. The Morgan fingerprint density at radius 2 is 1.78 bits per heavy atom. The maximum atomic E-state index is 13.2. The van der Waals surface area contributed by atoms with Gasteiger partial charge in [-0.1, -0.05) is 29.3 Å². The Bertz CT molecular complexity index is 1380. The summed E-state index contributed by atoms with van der Waals surface area (Å²) in [6, 6.07) is 11.4. The van der Waals surface area contributed by atoms with Gasteiger partial charge in [-0.25, -0.2) is 9.67 Å². The van der Waals surface area contributed by atoms with E-state index < -0.39 is 17.8 Å². The first-order valence-corrected chi connectivity index (χ1v) is 11.2. The molecule has 2 heterocycles. The number of anilines is 2. The smallest absolute Gasteiger partial charge is 0.383 e. The van der Waals surface area contributed by atoms with Gasteiger partial charge in [-0.05, 0) is 36.4 Å². The molecule has 0 spiro atoms. The summed E-state index contributed by atoms with van der Waals surface area (Å²) in [4.78, 5) is 15.8. The number of ether oxygens (including phenoxy) is 1. The van der Waals surface area contributed by atoms with E-state index in [0.717, 1.165) is 6.20 Å². The molecule has 0 radical (unpaired) electrons. The van der Waals surface area contributed by atoms with Crippen molar-refractivity contribution in [2.45, 2.75) is 12.7 Å². The van der Waals surface area contributed by atoms with Crippen LogP contribution in [0.15, 0.2) is 54.9 Å². The quantitative estimate of drug-likeness (QED) is 0.306. The molecule has 4 aromatic rings. The minimum Gasteiger partial charge on any atom is -0.383 e. The summed E-state index contributed by atoms with van der Waals surface area (Å²) in [6.45, 7) is 0.413. The number of imidazole rings is 1. The van der Waals surface area contributed by atoms with E-state index in [1.807, 2.05) is 0 Å². The van der Waals surface area contributed by atoms with Crippen LogP contribution in [0.3, 0.4) is 0 Å². The number of nitrogens with zero attached hydrogens (tertiary/aromatic N) is 4. The van der Waals surface area contributed by atoms with E-state index in [9.17, 15) is 18.0 Å². The molecule has 13 heteroatoms. The van der Waals surface area contributed by atoms with E-state index in [-0.39, 0.29) is 30.4 Å².